The Kier molecular flexibility index (Phi) is 12.5. The maximum atomic E-state index is 6.62. The lowest BCUT2D eigenvalue weighted by Gasteiger charge is -2.35. The predicted octanol–water partition coefficient (Wildman–Crippen LogP) is 8.26. The summed E-state index contributed by atoms with van der Waals surface area (Å²) in [5.74, 6) is -0.639. The summed E-state index contributed by atoms with van der Waals surface area (Å²) in [6.45, 7) is 10.9. The van der Waals surface area contributed by atoms with Crippen LogP contribution in [0.1, 0.15) is 103 Å². The molecule has 2 aromatic carbocycles. The molecule has 2 fully saturated rings. The van der Waals surface area contributed by atoms with E-state index in [2.05, 4.69) is 79.4 Å². The fourth-order valence-electron chi connectivity index (χ4n) is 6.09. The van der Waals surface area contributed by atoms with Crippen LogP contribution in [0, 0.1) is 0 Å². The van der Waals surface area contributed by atoms with Gasteiger partial charge in [-0.2, -0.15) is 0 Å². The Bertz CT molecular complexity index is 911. The van der Waals surface area contributed by atoms with Crippen LogP contribution in [0.5, 0.6) is 0 Å². The maximum Gasteiger partial charge on any atom is 0.187 e. The van der Waals surface area contributed by atoms with Gasteiger partial charge in [-0.3, -0.25) is 4.90 Å². The fourth-order valence-corrected chi connectivity index (χ4v) is 6.09. The number of ether oxygens (including phenoxy) is 4. The van der Waals surface area contributed by atoms with Gasteiger partial charge in [0.05, 0.1) is 0 Å². The molecule has 0 aliphatic carbocycles. The van der Waals surface area contributed by atoms with Gasteiger partial charge in [-0.05, 0) is 38.3 Å². The Morgan fingerprint density at radius 3 is 1.77 bits per heavy atom. The molecule has 0 unspecified atom stereocenters. The van der Waals surface area contributed by atoms with E-state index in [-0.39, 0.29) is 24.4 Å². The van der Waals surface area contributed by atoms with E-state index in [9.17, 15) is 0 Å². The van der Waals surface area contributed by atoms with Crippen LogP contribution in [0.15, 0.2) is 60.7 Å². The van der Waals surface area contributed by atoms with Crippen molar-refractivity contribution < 1.29 is 18.9 Å². The minimum absolute atomic E-state index is 0.108. The summed E-state index contributed by atoms with van der Waals surface area (Å²) >= 11 is 0. The first-order valence-electron chi connectivity index (χ1n) is 15.9. The molecule has 222 valence electrons. The number of fused-ring (bicyclic) bond motifs is 1. The molecule has 2 aliphatic heterocycles. The minimum atomic E-state index is -0.639. The summed E-state index contributed by atoms with van der Waals surface area (Å²) < 4.78 is 25.7. The molecule has 40 heavy (non-hydrogen) atoms. The predicted molar refractivity (Wildman–Crippen MR) is 162 cm³/mol. The number of benzene rings is 2. The topological polar surface area (TPSA) is 40.2 Å². The summed E-state index contributed by atoms with van der Waals surface area (Å²) in [6, 6.07) is 21.5. The van der Waals surface area contributed by atoms with E-state index in [0.29, 0.717) is 6.61 Å². The third kappa shape index (κ3) is 9.39. The first-order valence-corrected chi connectivity index (χ1v) is 15.9. The first-order chi connectivity index (χ1) is 19.5. The third-order valence-electron chi connectivity index (χ3n) is 8.34. The van der Waals surface area contributed by atoms with E-state index in [1.807, 2.05) is 13.8 Å². The second kappa shape index (κ2) is 16.0. The summed E-state index contributed by atoms with van der Waals surface area (Å²) in [4.78, 5) is 2.49. The molecular weight excluding hydrogens is 498 g/mol. The van der Waals surface area contributed by atoms with E-state index in [0.717, 1.165) is 19.5 Å². The number of hydrogen-bond donors (Lipinski definition) is 0. The van der Waals surface area contributed by atoms with Gasteiger partial charge in [0.15, 0.2) is 12.1 Å². The molecule has 5 heteroatoms. The molecule has 5 nitrogen and oxygen atoms in total. The summed E-state index contributed by atoms with van der Waals surface area (Å²) in [5.41, 5.74) is 2.58. The second-order valence-corrected chi connectivity index (χ2v) is 12.2. The van der Waals surface area contributed by atoms with Gasteiger partial charge in [0.25, 0.3) is 0 Å². The van der Waals surface area contributed by atoms with Gasteiger partial charge in [-0.25, -0.2) is 0 Å². The zero-order valence-electron chi connectivity index (χ0n) is 25.4. The van der Waals surface area contributed by atoms with Crippen molar-refractivity contribution in [1.82, 2.24) is 4.90 Å². The lowest BCUT2D eigenvalue weighted by atomic mass is 10.0. The van der Waals surface area contributed by atoms with Crippen LogP contribution in [-0.4, -0.2) is 47.9 Å². The van der Waals surface area contributed by atoms with Gasteiger partial charge in [0, 0.05) is 25.7 Å². The number of nitrogens with zero attached hydrogens (tertiary/aromatic N) is 1. The molecule has 0 radical (unpaired) electrons. The van der Waals surface area contributed by atoms with Gasteiger partial charge < -0.3 is 18.9 Å². The lowest BCUT2D eigenvalue weighted by Crippen LogP contribution is -2.46. The molecule has 0 amide bonds. The van der Waals surface area contributed by atoms with E-state index >= 15 is 0 Å². The lowest BCUT2D eigenvalue weighted by molar-refractivity contribution is -0.239. The second-order valence-electron chi connectivity index (χ2n) is 12.2. The number of unbranched alkanes of at least 4 members (excludes halogenated alkanes) is 9. The van der Waals surface area contributed by atoms with Gasteiger partial charge >= 0.3 is 0 Å². The molecular formula is C35H53NO4. The molecule has 2 saturated heterocycles. The van der Waals surface area contributed by atoms with E-state index in [1.54, 1.807) is 0 Å². The van der Waals surface area contributed by atoms with E-state index < -0.39 is 12.1 Å². The monoisotopic (exact) mass is 551 g/mol. The van der Waals surface area contributed by atoms with Crippen LogP contribution < -0.4 is 0 Å². The Labute approximate surface area is 243 Å². The van der Waals surface area contributed by atoms with Crippen LogP contribution in [0.25, 0.3) is 0 Å². The Hall–Kier alpha value is -1.76. The highest BCUT2D eigenvalue weighted by molar-refractivity contribution is 5.18. The van der Waals surface area contributed by atoms with Gasteiger partial charge in [-0.1, -0.05) is 125 Å². The van der Waals surface area contributed by atoms with E-state index in [4.69, 9.17) is 18.9 Å². The van der Waals surface area contributed by atoms with Crippen LogP contribution in [-0.2, 0) is 32.0 Å². The fraction of sp³-hybridized carbons (Fsp3) is 0.657. The van der Waals surface area contributed by atoms with Crippen LogP contribution in [0.4, 0.5) is 0 Å². The zero-order valence-corrected chi connectivity index (χ0v) is 25.4. The highest BCUT2D eigenvalue weighted by Gasteiger charge is 2.57. The number of rotatable bonds is 18. The smallest absolute Gasteiger partial charge is 0.187 e. The van der Waals surface area contributed by atoms with E-state index in [1.165, 1.54) is 68.9 Å². The van der Waals surface area contributed by atoms with Crippen LogP contribution >= 0.6 is 0 Å². The minimum Gasteiger partial charge on any atom is -0.350 e. The molecule has 0 N–H and O–H groups in total. The quantitative estimate of drug-likeness (QED) is 0.174. The molecule has 2 aliphatic rings. The highest BCUT2D eigenvalue weighted by atomic mass is 16.8. The largest absolute Gasteiger partial charge is 0.350 e. The van der Waals surface area contributed by atoms with Crippen molar-refractivity contribution in [3.05, 3.63) is 71.8 Å². The Balaban J connectivity index is 1.31. The van der Waals surface area contributed by atoms with Gasteiger partial charge in [0.1, 0.15) is 18.3 Å². The first kappa shape index (κ1) is 31.2. The van der Waals surface area contributed by atoms with Crippen molar-refractivity contribution in [3.8, 4) is 0 Å². The van der Waals surface area contributed by atoms with Crippen molar-refractivity contribution in [2.75, 3.05) is 6.61 Å². The SMILES string of the molecule is CCCCCCCCCCCCO[C@H]1O[C@H]([C@H](C)N(Cc2ccccc2)Cc2ccccc2)[C@@H]2OC(C)(C)O[C@H]12. The average Bonchev–Trinajstić information content (AvgIpc) is 3.45. The standard InChI is InChI=1S/C35H53NO4/c1-5-6-7-8-9-10-11-12-13-20-25-37-34-33-32(39-35(3,4)40-33)31(38-34)28(2)36(26-29-21-16-14-17-22-29)27-30-23-18-15-19-24-30/h14-19,21-24,28,31-34H,5-13,20,25-27H2,1-4H3/t28-,31+,32-,33-,34-/m0/s1. The van der Waals surface area contributed by atoms with Crippen LogP contribution in [0.2, 0.25) is 0 Å². The van der Waals surface area contributed by atoms with Crippen molar-refractivity contribution in [2.24, 2.45) is 0 Å². The van der Waals surface area contributed by atoms with Gasteiger partial charge in [-0.15, -0.1) is 0 Å². The Morgan fingerprint density at radius 2 is 1.23 bits per heavy atom. The summed E-state index contributed by atoms with van der Waals surface area (Å²) in [5, 5.41) is 0. The Morgan fingerprint density at radius 1 is 0.725 bits per heavy atom. The van der Waals surface area contributed by atoms with Crippen molar-refractivity contribution >= 4 is 0 Å². The van der Waals surface area contributed by atoms with Crippen molar-refractivity contribution in [2.45, 2.75) is 141 Å². The third-order valence-corrected chi connectivity index (χ3v) is 8.34. The molecule has 0 saturated carbocycles. The highest BCUT2D eigenvalue weighted by Crippen LogP contribution is 2.41. The zero-order chi connectivity index (χ0) is 28.2. The summed E-state index contributed by atoms with van der Waals surface area (Å²) in [6.07, 6.45) is 12.2. The number of hydrogen-bond acceptors (Lipinski definition) is 5. The normalized spacial score (nSPS) is 24.4. The molecule has 2 aromatic rings. The molecule has 0 spiro atoms. The van der Waals surface area contributed by atoms with Crippen LogP contribution in [0.3, 0.4) is 0 Å². The van der Waals surface area contributed by atoms with Crippen molar-refractivity contribution in [1.29, 1.82) is 0 Å². The summed E-state index contributed by atoms with van der Waals surface area (Å²) in [7, 11) is 0. The molecule has 0 aromatic heterocycles. The molecule has 5 atom stereocenters. The molecule has 2 heterocycles. The maximum absolute atomic E-state index is 6.62. The molecule has 4 rings (SSSR count). The molecule has 0 bridgehead atoms. The average molecular weight is 552 g/mol. The van der Waals surface area contributed by atoms with Gasteiger partial charge in [0.2, 0.25) is 0 Å². The van der Waals surface area contributed by atoms with Crippen molar-refractivity contribution in [3.63, 3.8) is 0 Å².